The second-order valence-electron chi connectivity index (χ2n) is 3.94. The zero-order chi connectivity index (χ0) is 11.5. The second kappa shape index (κ2) is 4.81. The molecule has 1 aromatic carbocycles. The Balaban J connectivity index is 2.24. The van der Waals surface area contributed by atoms with E-state index in [0.29, 0.717) is 22.6 Å². The molecule has 1 aliphatic carbocycles. The first kappa shape index (κ1) is 11.4. The topological polar surface area (TPSA) is 37.3 Å². The first-order valence-electron chi connectivity index (χ1n) is 5.37. The minimum absolute atomic E-state index is 0.0936. The highest BCUT2D eigenvalue weighted by Crippen LogP contribution is 2.22. The van der Waals surface area contributed by atoms with E-state index in [9.17, 15) is 9.90 Å². The Hall–Kier alpha value is -1.12. The van der Waals surface area contributed by atoms with Crippen LogP contribution in [0.1, 0.15) is 29.6 Å². The number of ketones is 1. The summed E-state index contributed by atoms with van der Waals surface area (Å²) in [5, 5.41) is 10.3. The minimum atomic E-state index is -0.614. The predicted molar refractivity (Wildman–Crippen MR) is 63.7 cm³/mol. The molecule has 84 valence electrons. The first-order valence-corrected chi connectivity index (χ1v) is 5.74. The van der Waals surface area contributed by atoms with Gasteiger partial charge in [0, 0.05) is 16.2 Å². The third kappa shape index (κ3) is 2.34. The van der Waals surface area contributed by atoms with Gasteiger partial charge < -0.3 is 5.11 Å². The Bertz CT molecular complexity index is 420. The summed E-state index contributed by atoms with van der Waals surface area (Å²) >= 11 is 5.76. The van der Waals surface area contributed by atoms with Crippen molar-refractivity contribution < 1.29 is 9.90 Å². The quantitative estimate of drug-likeness (QED) is 0.802. The molecule has 0 unspecified atom stereocenters. The number of halogens is 1. The zero-order valence-corrected chi connectivity index (χ0v) is 9.57. The lowest BCUT2D eigenvalue weighted by Gasteiger charge is -2.18. The second-order valence-corrected chi connectivity index (χ2v) is 4.38. The van der Waals surface area contributed by atoms with Gasteiger partial charge in [0.15, 0.2) is 5.78 Å². The number of aliphatic hydroxyl groups is 1. The summed E-state index contributed by atoms with van der Waals surface area (Å²) in [6.45, 7) is 0. The maximum absolute atomic E-state index is 12.1. The summed E-state index contributed by atoms with van der Waals surface area (Å²) in [6.07, 6.45) is 3.71. The normalized spacial score (nSPS) is 20.4. The highest BCUT2D eigenvalue weighted by molar-refractivity contribution is 6.30. The molecule has 0 saturated heterocycles. The molecule has 0 fully saturated rings. The van der Waals surface area contributed by atoms with Crippen molar-refractivity contribution in [2.24, 2.45) is 0 Å². The van der Waals surface area contributed by atoms with E-state index in [1.165, 1.54) is 0 Å². The zero-order valence-electron chi connectivity index (χ0n) is 8.82. The van der Waals surface area contributed by atoms with Crippen LogP contribution < -0.4 is 0 Å². The standard InChI is InChI=1S/C13H13ClO2/c14-10-7-5-9(6-8-10)13(16)11-3-1-2-4-12(11)15/h3,5-8,12,15H,1-2,4H2/t12-/m0/s1. The molecule has 0 bridgehead atoms. The molecule has 0 heterocycles. The largest absolute Gasteiger partial charge is 0.388 e. The molecule has 0 aromatic heterocycles. The van der Waals surface area contributed by atoms with Gasteiger partial charge >= 0.3 is 0 Å². The summed E-state index contributed by atoms with van der Waals surface area (Å²) in [5.41, 5.74) is 1.10. The van der Waals surface area contributed by atoms with Crippen LogP contribution in [0.15, 0.2) is 35.9 Å². The minimum Gasteiger partial charge on any atom is -0.388 e. The van der Waals surface area contributed by atoms with Crippen LogP contribution in [0.25, 0.3) is 0 Å². The van der Waals surface area contributed by atoms with E-state index in [0.717, 1.165) is 12.8 Å². The van der Waals surface area contributed by atoms with E-state index in [1.54, 1.807) is 24.3 Å². The Morgan fingerprint density at radius 1 is 1.31 bits per heavy atom. The number of allylic oxidation sites excluding steroid dienone is 1. The van der Waals surface area contributed by atoms with Crippen LogP contribution in [0.2, 0.25) is 5.02 Å². The SMILES string of the molecule is O=C(C1=CCCC[C@@H]1O)c1ccc(Cl)cc1. The fourth-order valence-electron chi connectivity index (χ4n) is 1.87. The third-order valence-electron chi connectivity index (χ3n) is 2.77. The van der Waals surface area contributed by atoms with Crippen molar-refractivity contribution in [2.75, 3.05) is 0 Å². The molecule has 1 aromatic rings. The number of aliphatic hydroxyl groups excluding tert-OH is 1. The van der Waals surface area contributed by atoms with Gasteiger partial charge in [-0.3, -0.25) is 4.79 Å². The van der Waals surface area contributed by atoms with Gasteiger partial charge in [0.1, 0.15) is 0 Å². The molecule has 1 N–H and O–H groups in total. The molecule has 2 rings (SSSR count). The van der Waals surface area contributed by atoms with Crippen molar-refractivity contribution >= 4 is 17.4 Å². The van der Waals surface area contributed by atoms with Gasteiger partial charge in [-0.2, -0.15) is 0 Å². The monoisotopic (exact) mass is 236 g/mol. The van der Waals surface area contributed by atoms with Gasteiger partial charge in [0.25, 0.3) is 0 Å². The number of hydrogen-bond donors (Lipinski definition) is 1. The number of Topliss-reactive ketones (excluding diaryl/α,β-unsaturated/α-hetero) is 1. The smallest absolute Gasteiger partial charge is 0.191 e. The third-order valence-corrected chi connectivity index (χ3v) is 3.03. The fraction of sp³-hybridized carbons (Fsp3) is 0.308. The van der Waals surface area contributed by atoms with E-state index >= 15 is 0 Å². The lowest BCUT2D eigenvalue weighted by molar-refractivity contribution is 0.0975. The molecule has 0 amide bonds. The van der Waals surface area contributed by atoms with Crippen LogP contribution in [0, 0.1) is 0 Å². The summed E-state index contributed by atoms with van der Waals surface area (Å²) in [6, 6.07) is 6.74. The van der Waals surface area contributed by atoms with Crippen LogP contribution in [0.5, 0.6) is 0 Å². The molecule has 0 radical (unpaired) electrons. The summed E-state index contributed by atoms with van der Waals surface area (Å²) in [5.74, 6) is -0.0936. The molecule has 0 saturated carbocycles. The molecule has 0 spiro atoms. The van der Waals surface area contributed by atoms with Crippen molar-refractivity contribution in [3.8, 4) is 0 Å². The molecule has 2 nitrogen and oxygen atoms in total. The number of hydrogen-bond acceptors (Lipinski definition) is 2. The molecule has 16 heavy (non-hydrogen) atoms. The number of benzene rings is 1. The van der Waals surface area contributed by atoms with Crippen LogP contribution in [-0.2, 0) is 0 Å². The highest BCUT2D eigenvalue weighted by atomic mass is 35.5. The number of carbonyl (C=O) groups is 1. The Kier molecular flexibility index (Phi) is 3.42. The first-order chi connectivity index (χ1) is 7.68. The van der Waals surface area contributed by atoms with Gasteiger partial charge in [-0.25, -0.2) is 0 Å². The molecular weight excluding hydrogens is 224 g/mol. The van der Waals surface area contributed by atoms with Crippen LogP contribution in [0.3, 0.4) is 0 Å². The van der Waals surface area contributed by atoms with Crippen molar-refractivity contribution in [2.45, 2.75) is 25.4 Å². The predicted octanol–water partition coefficient (Wildman–Crippen LogP) is 2.99. The Labute approximate surface area is 99.5 Å². The van der Waals surface area contributed by atoms with E-state index in [1.807, 2.05) is 6.08 Å². The molecule has 0 aliphatic heterocycles. The Morgan fingerprint density at radius 3 is 2.62 bits per heavy atom. The molecule has 3 heteroatoms. The van der Waals surface area contributed by atoms with Gasteiger partial charge in [0.05, 0.1) is 6.10 Å². The highest BCUT2D eigenvalue weighted by Gasteiger charge is 2.22. The van der Waals surface area contributed by atoms with E-state index in [2.05, 4.69) is 0 Å². The maximum atomic E-state index is 12.1. The van der Waals surface area contributed by atoms with Gasteiger partial charge in [-0.05, 0) is 43.5 Å². The van der Waals surface area contributed by atoms with Crippen LogP contribution in [-0.4, -0.2) is 17.0 Å². The van der Waals surface area contributed by atoms with Gasteiger partial charge in [-0.1, -0.05) is 17.7 Å². The summed E-state index contributed by atoms with van der Waals surface area (Å²) in [7, 11) is 0. The molecule has 1 atom stereocenters. The number of carbonyl (C=O) groups excluding carboxylic acids is 1. The van der Waals surface area contributed by atoms with Crippen LogP contribution in [0.4, 0.5) is 0 Å². The van der Waals surface area contributed by atoms with E-state index in [-0.39, 0.29) is 5.78 Å². The fourth-order valence-corrected chi connectivity index (χ4v) is 2.00. The van der Waals surface area contributed by atoms with Crippen molar-refractivity contribution in [3.63, 3.8) is 0 Å². The Morgan fingerprint density at radius 2 is 2.00 bits per heavy atom. The van der Waals surface area contributed by atoms with E-state index < -0.39 is 6.10 Å². The molecular formula is C13H13ClO2. The average Bonchev–Trinajstić information content (AvgIpc) is 2.30. The van der Waals surface area contributed by atoms with Crippen molar-refractivity contribution in [1.29, 1.82) is 0 Å². The average molecular weight is 237 g/mol. The van der Waals surface area contributed by atoms with Crippen LogP contribution >= 0.6 is 11.6 Å². The lowest BCUT2D eigenvalue weighted by Crippen LogP contribution is -2.20. The van der Waals surface area contributed by atoms with Gasteiger partial charge in [0.2, 0.25) is 0 Å². The van der Waals surface area contributed by atoms with Crippen molar-refractivity contribution in [3.05, 3.63) is 46.5 Å². The number of rotatable bonds is 2. The van der Waals surface area contributed by atoms with E-state index in [4.69, 9.17) is 11.6 Å². The summed E-state index contributed by atoms with van der Waals surface area (Å²) < 4.78 is 0. The van der Waals surface area contributed by atoms with Gasteiger partial charge in [-0.15, -0.1) is 0 Å². The maximum Gasteiger partial charge on any atom is 0.191 e. The molecule has 1 aliphatic rings. The van der Waals surface area contributed by atoms with Crippen molar-refractivity contribution in [1.82, 2.24) is 0 Å². The summed E-state index contributed by atoms with van der Waals surface area (Å²) in [4.78, 5) is 12.1. The lowest BCUT2D eigenvalue weighted by atomic mass is 9.91.